The van der Waals surface area contributed by atoms with Crippen molar-refractivity contribution in [2.75, 3.05) is 13.2 Å². The summed E-state index contributed by atoms with van der Waals surface area (Å²) in [5, 5.41) is 9.72. The Hall–Kier alpha value is -2.43. The first kappa shape index (κ1) is 10.7. The van der Waals surface area contributed by atoms with Crippen LogP contribution in [0.5, 0.6) is 17.2 Å². The number of ether oxygens (including phenoxy) is 2. The molecular formula is C13H10O5. The molecule has 5 heteroatoms. The summed E-state index contributed by atoms with van der Waals surface area (Å²) in [5.41, 5.74) is 0.0623. The van der Waals surface area contributed by atoms with Crippen LogP contribution in [0.1, 0.15) is 0 Å². The van der Waals surface area contributed by atoms with Crippen molar-refractivity contribution < 1.29 is 19.0 Å². The van der Waals surface area contributed by atoms with Crippen molar-refractivity contribution in [3.8, 4) is 28.4 Å². The number of fused-ring (bicyclic) bond motifs is 1. The van der Waals surface area contributed by atoms with E-state index in [9.17, 15) is 9.90 Å². The lowest BCUT2D eigenvalue weighted by Gasteiger charge is -2.18. The van der Waals surface area contributed by atoms with Crippen LogP contribution in [-0.2, 0) is 0 Å². The van der Waals surface area contributed by atoms with E-state index in [1.54, 1.807) is 18.2 Å². The molecule has 92 valence electrons. The number of benzene rings is 1. The average molecular weight is 246 g/mol. The molecule has 0 aliphatic carbocycles. The molecule has 2 aromatic rings. The van der Waals surface area contributed by atoms with Crippen LogP contribution in [0.2, 0.25) is 0 Å². The largest absolute Gasteiger partial charge is 0.507 e. The number of hydrogen-bond acceptors (Lipinski definition) is 5. The molecule has 0 saturated heterocycles. The third kappa shape index (κ3) is 1.69. The molecule has 1 aromatic heterocycles. The van der Waals surface area contributed by atoms with Crippen LogP contribution < -0.4 is 15.1 Å². The molecule has 0 amide bonds. The zero-order valence-electron chi connectivity index (χ0n) is 9.38. The molecule has 0 unspecified atom stereocenters. The standard InChI is InChI=1S/C13H10O5/c14-9-3-4-18-13(15)12(9)8-1-2-10-11(7-8)17-6-5-16-10/h1-4,7,14H,5-6H2. The Morgan fingerprint density at radius 2 is 1.83 bits per heavy atom. The lowest BCUT2D eigenvalue weighted by Crippen LogP contribution is -2.15. The fourth-order valence-electron chi connectivity index (χ4n) is 1.87. The van der Waals surface area contributed by atoms with Crippen molar-refractivity contribution in [2.45, 2.75) is 0 Å². The second kappa shape index (κ2) is 4.10. The topological polar surface area (TPSA) is 68.9 Å². The Morgan fingerprint density at radius 1 is 1.06 bits per heavy atom. The molecule has 0 spiro atoms. The second-order valence-electron chi connectivity index (χ2n) is 3.83. The Morgan fingerprint density at radius 3 is 2.61 bits per heavy atom. The summed E-state index contributed by atoms with van der Waals surface area (Å²) in [6.07, 6.45) is 1.15. The zero-order chi connectivity index (χ0) is 12.5. The summed E-state index contributed by atoms with van der Waals surface area (Å²) in [7, 11) is 0. The van der Waals surface area contributed by atoms with E-state index < -0.39 is 5.63 Å². The fourth-order valence-corrected chi connectivity index (χ4v) is 1.87. The van der Waals surface area contributed by atoms with Gasteiger partial charge in [0, 0.05) is 6.07 Å². The van der Waals surface area contributed by atoms with E-state index in [-0.39, 0.29) is 11.3 Å². The Bertz CT molecular complexity index is 644. The van der Waals surface area contributed by atoms with Crippen molar-refractivity contribution in [3.63, 3.8) is 0 Å². The van der Waals surface area contributed by atoms with Gasteiger partial charge in [0.1, 0.15) is 24.5 Å². The van der Waals surface area contributed by atoms with E-state index in [0.29, 0.717) is 30.3 Å². The molecule has 5 nitrogen and oxygen atoms in total. The molecule has 0 atom stereocenters. The first-order valence-corrected chi connectivity index (χ1v) is 5.46. The van der Waals surface area contributed by atoms with Gasteiger partial charge in [-0.05, 0) is 17.7 Å². The zero-order valence-corrected chi connectivity index (χ0v) is 9.38. The lowest BCUT2D eigenvalue weighted by atomic mass is 10.1. The summed E-state index contributed by atoms with van der Waals surface area (Å²) in [6, 6.07) is 6.36. The summed E-state index contributed by atoms with van der Waals surface area (Å²) in [5.74, 6) is 1.06. The fraction of sp³-hybridized carbons (Fsp3) is 0.154. The highest BCUT2D eigenvalue weighted by Gasteiger charge is 2.16. The minimum absolute atomic E-state index is 0.120. The van der Waals surface area contributed by atoms with Gasteiger partial charge < -0.3 is 19.0 Å². The first-order chi connectivity index (χ1) is 8.75. The summed E-state index contributed by atoms with van der Waals surface area (Å²) in [4.78, 5) is 11.6. The Kier molecular flexibility index (Phi) is 2.44. The van der Waals surface area contributed by atoms with Gasteiger partial charge in [-0.2, -0.15) is 0 Å². The van der Waals surface area contributed by atoms with E-state index in [1.165, 1.54) is 6.07 Å². The van der Waals surface area contributed by atoms with E-state index in [0.717, 1.165) is 6.26 Å². The van der Waals surface area contributed by atoms with Crippen LogP contribution in [0.3, 0.4) is 0 Å². The number of rotatable bonds is 1. The maximum Gasteiger partial charge on any atom is 0.347 e. The highest BCUT2D eigenvalue weighted by Crippen LogP contribution is 2.35. The van der Waals surface area contributed by atoms with Crippen LogP contribution in [0.15, 0.2) is 39.7 Å². The van der Waals surface area contributed by atoms with E-state index >= 15 is 0 Å². The monoisotopic (exact) mass is 246 g/mol. The van der Waals surface area contributed by atoms with Crippen molar-refractivity contribution >= 4 is 0 Å². The Labute approximate surface area is 102 Å². The van der Waals surface area contributed by atoms with E-state index in [4.69, 9.17) is 13.9 Å². The predicted molar refractivity (Wildman–Crippen MR) is 63.1 cm³/mol. The van der Waals surface area contributed by atoms with Crippen LogP contribution in [0, 0.1) is 0 Å². The van der Waals surface area contributed by atoms with Gasteiger partial charge in [-0.3, -0.25) is 0 Å². The maximum atomic E-state index is 11.6. The van der Waals surface area contributed by atoms with Crippen LogP contribution >= 0.6 is 0 Å². The van der Waals surface area contributed by atoms with E-state index in [2.05, 4.69) is 0 Å². The predicted octanol–water partition coefficient (Wildman–Crippen LogP) is 1.78. The van der Waals surface area contributed by atoms with Crippen LogP contribution in [0.4, 0.5) is 0 Å². The van der Waals surface area contributed by atoms with E-state index in [1.807, 2.05) is 0 Å². The third-order valence-corrected chi connectivity index (χ3v) is 2.69. The van der Waals surface area contributed by atoms with Crippen LogP contribution in [0.25, 0.3) is 11.1 Å². The number of hydrogen-bond donors (Lipinski definition) is 1. The molecule has 0 bridgehead atoms. The van der Waals surface area contributed by atoms with Crippen molar-refractivity contribution in [2.24, 2.45) is 0 Å². The molecule has 1 aliphatic rings. The van der Waals surface area contributed by atoms with Gasteiger partial charge in [-0.1, -0.05) is 6.07 Å². The normalized spacial score (nSPS) is 13.3. The second-order valence-corrected chi connectivity index (χ2v) is 3.83. The number of aromatic hydroxyl groups is 1. The van der Waals surface area contributed by atoms with Gasteiger partial charge in [0.25, 0.3) is 0 Å². The Balaban J connectivity index is 2.15. The van der Waals surface area contributed by atoms with Gasteiger partial charge in [-0.15, -0.1) is 0 Å². The van der Waals surface area contributed by atoms with Crippen molar-refractivity contribution in [3.05, 3.63) is 40.9 Å². The highest BCUT2D eigenvalue weighted by molar-refractivity contribution is 5.71. The maximum absolute atomic E-state index is 11.6. The molecule has 0 fully saturated rings. The molecule has 0 radical (unpaired) electrons. The van der Waals surface area contributed by atoms with Crippen molar-refractivity contribution in [1.29, 1.82) is 0 Å². The van der Waals surface area contributed by atoms with Gasteiger partial charge >= 0.3 is 5.63 Å². The quantitative estimate of drug-likeness (QED) is 0.830. The summed E-state index contributed by atoms with van der Waals surface area (Å²) >= 11 is 0. The molecule has 3 rings (SSSR count). The summed E-state index contributed by atoms with van der Waals surface area (Å²) < 4.78 is 15.6. The molecule has 18 heavy (non-hydrogen) atoms. The molecule has 1 aromatic carbocycles. The molecule has 1 N–H and O–H groups in total. The van der Waals surface area contributed by atoms with Crippen LogP contribution in [-0.4, -0.2) is 18.3 Å². The van der Waals surface area contributed by atoms with Gasteiger partial charge in [0.15, 0.2) is 11.5 Å². The minimum Gasteiger partial charge on any atom is -0.507 e. The first-order valence-electron chi connectivity index (χ1n) is 5.46. The van der Waals surface area contributed by atoms with Gasteiger partial charge in [-0.25, -0.2) is 4.79 Å². The average Bonchev–Trinajstić information content (AvgIpc) is 2.38. The van der Waals surface area contributed by atoms with Gasteiger partial charge in [0.2, 0.25) is 0 Å². The lowest BCUT2D eigenvalue weighted by molar-refractivity contribution is 0.171. The minimum atomic E-state index is -0.591. The SMILES string of the molecule is O=c1occc(O)c1-c1ccc2c(c1)OCCO2. The third-order valence-electron chi connectivity index (χ3n) is 2.69. The van der Waals surface area contributed by atoms with Crippen molar-refractivity contribution in [1.82, 2.24) is 0 Å². The van der Waals surface area contributed by atoms with Gasteiger partial charge in [0.05, 0.1) is 6.26 Å². The molecule has 2 heterocycles. The molecule has 1 aliphatic heterocycles. The molecular weight excluding hydrogens is 236 g/mol. The molecule has 0 saturated carbocycles. The highest BCUT2D eigenvalue weighted by atomic mass is 16.6. The summed E-state index contributed by atoms with van der Waals surface area (Å²) in [6.45, 7) is 0.969. The smallest absolute Gasteiger partial charge is 0.347 e.